The van der Waals surface area contributed by atoms with Crippen LogP contribution in [0.5, 0.6) is 0 Å². The van der Waals surface area contributed by atoms with Gasteiger partial charge in [0.1, 0.15) is 0 Å². The summed E-state index contributed by atoms with van der Waals surface area (Å²) in [6.07, 6.45) is 0.381. The van der Waals surface area contributed by atoms with Crippen LogP contribution < -0.4 is 5.56 Å². The van der Waals surface area contributed by atoms with Crippen molar-refractivity contribution in [3.8, 4) is 11.8 Å². The third kappa shape index (κ3) is 2.22. The first-order valence-corrected chi connectivity index (χ1v) is 5.45. The lowest BCUT2D eigenvalue weighted by Gasteiger charge is -2.03. The average Bonchev–Trinajstić information content (AvgIpc) is 2.33. The summed E-state index contributed by atoms with van der Waals surface area (Å²) in [6, 6.07) is 7.64. The molecule has 0 saturated heterocycles. The highest BCUT2D eigenvalue weighted by atomic mass is 16.2. The van der Waals surface area contributed by atoms with E-state index < -0.39 is 0 Å². The van der Waals surface area contributed by atoms with Crippen molar-refractivity contribution in [3.05, 3.63) is 45.7 Å². The predicted molar refractivity (Wildman–Crippen MR) is 67.9 cm³/mol. The lowest BCUT2D eigenvalue weighted by atomic mass is 10.1. The Morgan fingerprint density at radius 2 is 2.12 bits per heavy atom. The number of fused-ring (bicyclic) bond motifs is 1. The number of H-pyrrole nitrogens is 1. The molecule has 0 bridgehead atoms. The lowest BCUT2D eigenvalue weighted by Crippen LogP contribution is -2.12. The molecule has 0 unspecified atom stereocenters. The number of pyridine rings is 1. The van der Waals surface area contributed by atoms with Gasteiger partial charge in [-0.25, -0.2) is 0 Å². The van der Waals surface area contributed by atoms with Crippen molar-refractivity contribution in [2.24, 2.45) is 0 Å². The Kier molecular flexibility index (Phi) is 3.27. The number of nitrogens with one attached hydrogen (secondary N) is 1. The molecular weight excluding hydrogens is 214 g/mol. The minimum atomic E-state index is -0.174. The van der Waals surface area contributed by atoms with Gasteiger partial charge in [0.15, 0.2) is 0 Å². The molecule has 0 saturated carbocycles. The molecule has 3 nitrogen and oxygen atoms in total. The van der Waals surface area contributed by atoms with Gasteiger partial charge >= 0.3 is 0 Å². The van der Waals surface area contributed by atoms with Gasteiger partial charge in [-0.1, -0.05) is 30.0 Å². The molecule has 0 aliphatic heterocycles. The molecule has 0 atom stereocenters. The Hall–Kier alpha value is -2.05. The van der Waals surface area contributed by atoms with Crippen LogP contribution >= 0.6 is 0 Å². The highest BCUT2D eigenvalue weighted by Crippen LogP contribution is 2.15. The molecule has 2 aromatic rings. The van der Waals surface area contributed by atoms with E-state index in [2.05, 4.69) is 16.8 Å². The first-order valence-electron chi connectivity index (χ1n) is 5.45. The zero-order valence-corrected chi connectivity index (χ0v) is 9.58. The maximum absolute atomic E-state index is 11.8. The molecule has 1 aromatic carbocycles. The summed E-state index contributed by atoms with van der Waals surface area (Å²) in [5.41, 5.74) is 2.02. The number of rotatable bonds is 1. The molecule has 2 rings (SSSR count). The van der Waals surface area contributed by atoms with Crippen LogP contribution in [0.4, 0.5) is 0 Å². The summed E-state index contributed by atoms with van der Waals surface area (Å²) in [4.78, 5) is 14.6. The molecule has 0 radical (unpaired) electrons. The normalized spacial score (nSPS) is 10.0. The largest absolute Gasteiger partial charge is 0.395 e. The Bertz CT molecular complexity index is 659. The molecule has 1 heterocycles. The molecule has 3 heteroatoms. The van der Waals surface area contributed by atoms with Crippen LogP contribution in [0.3, 0.4) is 0 Å². The first kappa shape index (κ1) is 11.4. The standard InChI is InChI=1S/C14H13NO2/c1-10-11-6-2-3-8-13(11)15-14(17)12(10)7-4-5-9-16/h2-3,6,8,16H,5,9H2,1H3,(H,15,17). The van der Waals surface area contributed by atoms with E-state index in [0.29, 0.717) is 12.0 Å². The summed E-state index contributed by atoms with van der Waals surface area (Å²) in [7, 11) is 0. The van der Waals surface area contributed by atoms with E-state index in [0.717, 1.165) is 16.5 Å². The number of aromatic nitrogens is 1. The quantitative estimate of drug-likeness (QED) is 0.726. The molecule has 0 spiro atoms. The van der Waals surface area contributed by atoms with E-state index in [4.69, 9.17) is 5.11 Å². The summed E-state index contributed by atoms with van der Waals surface area (Å²) in [5.74, 6) is 5.60. The topological polar surface area (TPSA) is 53.1 Å². The van der Waals surface area contributed by atoms with Gasteiger partial charge in [-0.3, -0.25) is 4.79 Å². The van der Waals surface area contributed by atoms with Gasteiger partial charge in [0.25, 0.3) is 5.56 Å². The van der Waals surface area contributed by atoms with Gasteiger partial charge in [-0.05, 0) is 18.6 Å². The van der Waals surface area contributed by atoms with Crippen molar-refractivity contribution < 1.29 is 5.11 Å². The third-order valence-corrected chi connectivity index (χ3v) is 2.63. The highest BCUT2D eigenvalue weighted by molar-refractivity contribution is 5.83. The van der Waals surface area contributed by atoms with Crippen molar-refractivity contribution in [1.29, 1.82) is 0 Å². The molecule has 0 fully saturated rings. The van der Waals surface area contributed by atoms with Crippen molar-refractivity contribution in [3.63, 3.8) is 0 Å². The second kappa shape index (κ2) is 4.86. The van der Waals surface area contributed by atoms with Crippen molar-refractivity contribution in [2.45, 2.75) is 13.3 Å². The molecular formula is C14H13NO2. The van der Waals surface area contributed by atoms with Crippen LogP contribution in [0.2, 0.25) is 0 Å². The van der Waals surface area contributed by atoms with E-state index >= 15 is 0 Å². The Balaban J connectivity index is 2.65. The van der Waals surface area contributed by atoms with Crippen LogP contribution in [-0.4, -0.2) is 16.7 Å². The summed E-state index contributed by atoms with van der Waals surface area (Å²) in [5, 5.41) is 9.67. The lowest BCUT2D eigenvalue weighted by molar-refractivity contribution is 0.305. The Morgan fingerprint density at radius 1 is 1.35 bits per heavy atom. The third-order valence-electron chi connectivity index (χ3n) is 2.63. The zero-order chi connectivity index (χ0) is 12.3. The number of aliphatic hydroxyl groups excluding tert-OH is 1. The second-order valence-corrected chi connectivity index (χ2v) is 3.78. The van der Waals surface area contributed by atoms with Crippen LogP contribution in [0, 0.1) is 18.8 Å². The fraction of sp³-hybridized carbons (Fsp3) is 0.214. The Labute approximate surface area is 99.1 Å². The van der Waals surface area contributed by atoms with E-state index in [1.54, 1.807) is 0 Å². The van der Waals surface area contributed by atoms with Crippen LogP contribution in [0.1, 0.15) is 17.5 Å². The zero-order valence-electron chi connectivity index (χ0n) is 9.58. The van der Waals surface area contributed by atoms with Crippen LogP contribution in [0.15, 0.2) is 29.1 Å². The maximum atomic E-state index is 11.8. The number of benzene rings is 1. The van der Waals surface area contributed by atoms with Gasteiger partial charge in [0.05, 0.1) is 12.2 Å². The number of aromatic amines is 1. The van der Waals surface area contributed by atoms with Crippen molar-refractivity contribution in [1.82, 2.24) is 4.98 Å². The minimum Gasteiger partial charge on any atom is -0.395 e. The number of aliphatic hydroxyl groups is 1. The Morgan fingerprint density at radius 3 is 2.88 bits per heavy atom. The maximum Gasteiger partial charge on any atom is 0.264 e. The minimum absolute atomic E-state index is 0.0114. The molecule has 17 heavy (non-hydrogen) atoms. The number of hydrogen-bond donors (Lipinski definition) is 2. The van der Waals surface area contributed by atoms with Gasteiger partial charge in [-0.15, -0.1) is 0 Å². The molecule has 86 valence electrons. The summed E-state index contributed by atoms with van der Waals surface area (Å²) >= 11 is 0. The highest BCUT2D eigenvalue weighted by Gasteiger charge is 2.05. The van der Waals surface area contributed by atoms with E-state index in [-0.39, 0.29) is 12.2 Å². The van der Waals surface area contributed by atoms with Crippen LogP contribution in [-0.2, 0) is 0 Å². The van der Waals surface area contributed by atoms with E-state index in [9.17, 15) is 4.79 Å². The second-order valence-electron chi connectivity index (χ2n) is 3.78. The predicted octanol–water partition coefficient (Wildman–Crippen LogP) is 1.57. The van der Waals surface area contributed by atoms with Gasteiger partial charge < -0.3 is 10.1 Å². The fourth-order valence-corrected chi connectivity index (χ4v) is 1.77. The van der Waals surface area contributed by atoms with Crippen LogP contribution in [0.25, 0.3) is 10.9 Å². The molecule has 0 amide bonds. The number of aryl methyl sites for hydroxylation is 1. The van der Waals surface area contributed by atoms with Crippen molar-refractivity contribution >= 4 is 10.9 Å². The smallest absolute Gasteiger partial charge is 0.264 e. The molecule has 0 aliphatic carbocycles. The SMILES string of the molecule is Cc1c(C#CCCO)c(=O)[nH]c2ccccc12. The van der Waals surface area contributed by atoms with Gasteiger partial charge in [0.2, 0.25) is 0 Å². The average molecular weight is 227 g/mol. The first-order chi connectivity index (χ1) is 8.24. The molecule has 1 aromatic heterocycles. The number of hydrogen-bond acceptors (Lipinski definition) is 2. The van der Waals surface area contributed by atoms with E-state index in [1.807, 2.05) is 31.2 Å². The molecule has 2 N–H and O–H groups in total. The van der Waals surface area contributed by atoms with E-state index in [1.165, 1.54) is 0 Å². The van der Waals surface area contributed by atoms with Gasteiger partial charge in [-0.2, -0.15) is 0 Å². The van der Waals surface area contributed by atoms with Crippen molar-refractivity contribution in [2.75, 3.05) is 6.61 Å². The summed E-state index contributed by atoms with van der Waals surface area (Å²) < 4.78 is 0. The monoisotopic (exact) mass is 227 g/mol. The number of para-hydroxylation sites is 1. The molecule has 0 aliphatic rings. The fourth-order valence-electron chi connectivity index (χ4n) is 1.77. The summed E-state index contributed by atoms with van der Waals surface area (Å²) in [6.45, 7) is 1.90. The van der Waals surface area contributed by atoms with Gasteiger partial charge in [0, 0.05) is 17.3 Å².